The molecule has 0 saturated heterocycles. The molecular formula is C19H17ClZr. The van der Waals surface area contributed by atoms with Gasteiger partial charge >= 0.3 is 26.2 Å². The number of hydrogen-bond acceptors (Lipinski definition) is 0. The van der Waals surface area contributed by atoms with Gasteiger partial charge in [0.1, 0.15) is 0 Å². The van der Waals surface area contributed by atoms with E-state index in [9.17, 15) is 0 Å². The average Bonchev–Trinajstić information content (AvgIpc) is 3.08. The van der Waals surface area contributed by atoms with Crippen molar-refractivity contribution in [3.63, 3.8) is 0 Å². The largest absolute Gasteiger partial charge is 4.00 e. The van der Waals surface area contributed by atoms with E-state index >= 15 is 0 Å². The third-order valence-electron chi connectivity index (χ3n) is 3.10. The zero-order valence-corrected chi connectivity index (χ0v) is 15.2. The van der Waals surface area contributed by atoms with Gasteiger partial charge in [-0.25, -0.2) is 0 Å². The first kappa shape index (κ1) is 19.8. The van der Waals surface area contributed by atoms with Crippen LogP contribution in [0.25, 0.3) is 21.5 Å². The van der Waals surface area contributed by atoms with E-state index in [1.165, 1.54) is 21.5 Å². The van der Waals surface area contributed by atoms with E-state index < -0.39 is 0 Å². The molecule has 0 atom stereocenters. The predicted octanol–water partition coefficient (Wildman–Crippen LogP) is 2.57. The molecule has 0 aliphatic heterocycles. The van der Waals surface area contributed by atoms with Crippen LogP contribution in [0.2, 0.25) is 0 Å². The minimum atomic E-state index is 0. The van der Waals surface area contributed by atoms with Gasteiger partial charge in [0.25, 0.3) is 0 Å². The predicted molar refractivity (Wildman–Crippen MR) is 85.5 cm³/mol. The fraction of sp³-hybridized carbons (Fsp3) is 0. The van der Waals surface area contributed by atoms with Crippen molar-refractivity contribution in [2.75, 3.05) is 0 Å². The van der Waals surface area contributed by atoms with Crippen molar-refractivity contribution in [3.8, 4) is 0 Å². The number of fused-ring (bicyclic) bond motifs is 2. The summed E-state index contributed by atoms with van der Waals surface area (Å²) in [4.78, 5) is 0. The molecule has 0 spiro atoms. The molecule has 4 aromatic carbocycles. The zero-order chi connectivity index (χ0) is 12.2. The van der Waals surface area contributed by atoms with Crippen LogP contribution in [0, 0.1) is 7.43 Å². The van der Waals surface area contributed by atoms with Crippen molar-refractivity contribution < 1.29 is 38.6 Å². The minimum Gasteiger partial charge on any atom is -1.00 e. The Bertz CT molecular complexity index is 626. The Labute approximate surface area is 152 Å². The van der Waals surface area contributed by atoms with Gasteiger partial charge < -0.3 is 19.8 Å². The summed E-state index contributed by atoms with van der Waals surface area (Å²) < 4.78 is 0. The van der Waals surface area contributed by atoms with E-state index in [1.807, 2.05) is 0 Å². The summed E-state index contributed by atoms with van der Waals surface area (Å²) in [5, 5.41) is 5.32. The number of hydrogen-bond donors (Lipinski definition) is 0. The molecule has 0 fully saturated rings. The summed E-state index contributed by atoms with van der Waals surface area (Å²) in [6, 6.07) is 29.3. The summed E-state index contributed by atoms with van der Waals surface area (Å²) in [5.74, 6) is 0. The summed E-state index contributed by atoms with van der Waals surface area (Å²) in [7, 11) is 0. The van der Waals surface area contributed by atoms with Crippen LogP contribution in [0.4, 0.5) is 0 Å². The van der Waals surface area contributed by atoms with Crippen LogP contribution in [-0.2, 0) is 26.2 Å². The maximum absolute atomic E-state index is 2.12. The second-order valence-corrected chi connectivity index (χ2v) is 4.31. The fourth-order valence-electron chi connectivity index (χ4n) is 2.14. The minimum absolute atomic E-state index is 0. The van der Waals surface area contributed by atoms with Crippen molar-refractivity contribution in [3.05, 3.63) is 92.4 Å². The van der Waals surface area contributed by atoms with Gasteiger partial charge in [-0.05, 0) is 0 Å². The summed E-state index contributed by atoms with van der Waals surface area (Å²) in [6.45, 7) is 0. The smallest absolute Gasteiger partial charge is 1.00 e. The third-order valence-corrected chi connectivity index (χ3v) is 3.10. The van der Waals surface area contributed by atoms with Gasteiger partial charge in [0.2, 0.25) is 0 Å². The molecule has 0 N–H and O–H groups in total. The van der Waals surface area contributed by atoms with Crippen molar-refractivity contribution >= 4 is 21.5 Å². The Morgan fingerprint density at radius 2 is 0.952 bits per heavy atom. The van der Waals surface area contributed by atoms with E-state index in [4.69, 9.17) is 0 Å². The topological polar surface area (TPSA) is 0 Å². The molecule has 0 unspecified atom stereocenters. The molecule has 0 bridgehead atoms. The van der Waals surface area contributed by atoms with Crippen LogP contribution in [0.3, 0.4) is 0 Å². The van der Waals surface area contributed by atoms with Gasteiger partial charge in [0, 0.05) is 0 Å². The van der Waals surface area contributed by atoms with Crippen LogP contribution < -0.4 is 12.4 Å². The molecule has 0 nitrogen and oxygen atoms in total. The SMILES string of the molecule is [CH3-].[Cl-].[Zr+4].c1ccc2[cH-]ccc2c1.c1ccc2[cH-]ccc2c1. The van der Waals surface area contributed by atoms with E-state index in [2.05, 4.69) is 84.9 Å². The molecule has 4 rings (SSSR count). The maximum atomic E-state index is 2.12. The van der Waals surface area contributed by atoms with Crippen LogP contribution >= 0.6 is 0 Å². The van der Waals surface area contributed by atoms with Crippen molar-refractivity contribution in [2.45, 2.75) is 0 Å². The van der Waals surface area contributed by atoms with E-state index in [1.54, 1.807) is 0 Å². The first-order chi connectivity index (χ1) is 8.93. The normalized spacial score (nSPS) is 8.76. The van der Waals surface area contributed by atoms with Gasteiger partial charge in [-0.2, -0.15) is 35.0 Å². The van der Waals surface area contributed by atoms with E-state index in [-0.39, 0.29) is 46.0 Å². The molecule has 0 aromatic heterocycles. The molecular weight excluding hydrogens is 355 g/mol. The molecule has 104 valence electrons. The average molecular weight is 372 g/mol. The zero-order valence-electron chi connectivity index (χ0n) is 12.0. The standard InChI is InChI=1S/2C9H7.CH3.ClH.Zr/c2*1-2-5-9-7-3-6-8(9)4-1;;;/h2*1-7H;1H3;1H;/q3*-1;;+4/p-1. The Kier molecular flexibility index (Phi) is 9.17. The van der Waals surface area contributed by atoms with Gasteiger partial charge in [-0.1, -0.05) is 12.1 Å². The van der Waals surface area contributed by atoms with Gasteiger partial charge in [0.15, 0.2) is 0 Å². The first-order valence-corrected chi connectivity index (χ1v) is 6.14. The Hall–Kier alpha value is -1.17. The number of benzene rings is 2. The fourth-order valence-corrected chi connectivity index (χ4v) is 2.14. The molecule has 0 heterocycles. The quantitative estimate of drug-likeness (QED) is 0.417. The summed E-state index contributed by atoms with van der Waals surface area (Å²) >= 11 is 0. The van der Waals surface area contributed by atoms with Crippen molar-refractivity contribution in [2.24, 2.45) is 0 Å². The second-order valence-electron chi connectivity index (χ2n) is 4.31. The molecule has 4 aromatic rings. The van der Waals surface area contributed by atoms with Gasteiger partial charge in [0.05, 0.1) is 0 Å². The van der Waals surface area contributed by atoms with Gasteiger partial charge in [-0.3, -0.25) is 0 Å². The maximum Gasteiger partial charge on any atom is 4.00 e. The van der Waals surface area contributed by atoms with Crippen LogP contribution in [0.5, 0.6) is 0 Å². The van der Waals surface area contributed by atoms with Crippen molar-refractivity contribution in [1.29, 1.82) is 0 Å². The number of rotatable bonds is 0. The molecule has 21 heavy (non-hydrogen) atoms. The summed E-state index contributed by atoms with van der Waals surface area (Å²) in [6.07, 6.45) is 0. The van der Waals surface area contributed by atoms with Crippen LogP contribution in [0.15, 0.2) is 84.9 Å². The number of halogens is 1. The second kappa shape index (κ2) is 9.71. The summed E-state index contributed by atoms with van der Waals surface area (Å²) in [5.41, 5.74) is 0. The van der Waals surface area contributed by atoms with E-state index in [0.29, 0.717) is 0 Å². The Balaban J connectivity index is 0.000000333. The van der Waals surface area contributed by atoms with Crippen LogP contribution in [-0.4, -0.2) is 0 Å². The Morgan fingerprint density at radius 1 is 0.571 bits per heavy atom. The molecule has 0 amide bonds. The molecule has 0 aliphatic carbocycles. The Morgan fingerprint density at radius 3 is 1.33 bits per heavy atom. The molecule has 2 heteroatoms. The third kappa shape index (κ3) is 4.95. The molecule has 0 radical (unpaired) electrons. The monoisotopic (exact) mass is 370 g/mol. The molecule has 0 aliphatic rings. The van der Waals surface area contributed by atoms with Gasteiger partial charge in [-0.15, -0.1) is 59.3 Å². The van der Waals surface area contributed by atoms with Crippen LogP contribution in [0.1, 0.15) is 0 Å². The molecule has 0 saturated carbocycles. The van der Waals surface area contributed by atoms with Crippen molar-refractivity contribution in [1.82, 2.24) is 0 Å². The van der Waals surface area contributed by atoms with E-state index in [0.717, 1.165) is 0 Å². The first-order valence-electron chi connectivity index (χ1n) is 6.14.